The van der Waals surface area contributed by atoms with Crippen molar-refractivity contribution in [2.24, 2.45) is 0 Å². The Labute approximate surface area is 237 Å². The normalized spacial score (nSPS) is 15.8. The van der Waals surface area contributed by atoms with Gasteiger partial charge in [0.15, 0.2) is 11.4 Å². The van der Waals surface area contributed by atoms with Crippen molar-refractivity contribution in [2.45, 2.75) is 19.1 Å². The Morgan fingerprint density at radius 1 is 0.857 bits per heavy atom. The molecule has 2 aromatic carbocycles. The van der Waals surface area contributed by atoms with E-state index >= 15 is 0 Å². The third-order valence-corrected chi connectivity index (χ3v) is 8.03. The number of anilines is 1. The lowest BCUT2D eigenvalue weighted by Gasteiger charge is -2.35. The average molecular weight is 575 g/mol. The van der Waals surface area contributed by atoms with Gasteiger partial charge >= 0.3 is 6.18 Å². The molecule has 5 aromatic rings. The van der Waals surface area contributed by atoms with E-state index in [2.05, 4.69) is 15.0 Å². The van der Waals surface area contributed by atoms with Crippen LogP contribution in [0.4, 0.5) is 19.0 Å². The van der Waals surface area contributed by atoms with Crippen LogP contribution in [-0.2, 0) is 19.1 Å². The lowest BCUT2D eigenvalue weighted by Crippen LogP contribution is -2.49. The fourth-order valence-corrected chi connectivity index (χ4v) is 5.74. The maximum absolute atomic E-state index is 13.4. The lowest BCUT2D eigenvalue weighted by atomic mass is 9.96. The third-order valence-electron chi connectivity index (χ3n) is 8.03. The first-order valence-electron chi connectivity index (χ1n) is 13.6. The van der Waals surface area contributed by atoms with Gasteiger partial charge < -0.3 is 19.2 Å². The molecule has 0 aliphatic carbocycles. The fourth-order valence-electron chi connectivity index (χ4n) is 5.74. The molecule has 0 spiro atoms. The molecule has 2 aliphatic heterocycles. The van der Waals surface area contributed by atoms with Gasteiger partial charge in [-0.15, -0.1) is 0 Å². The second-order valence-electron chi connectivity index (χ2n) is 10.5. The zero-order chi connectivity index (χ0) is 29.0. The van der Waals surface area contributed by atoms with Crippen molar-refractivity contribution in [2.75, 3.05) is 37.6 Å². The molecule has 1 saturated heterocycles. The number of carbonyl (C=O) groups is 2. The van der Waals surface area contributed by atoms with Crippen molar-refractivity contribution in [1.82, 2.24) is 24.3 Å². The number of piperazine rings is 1. The summed E-state index contributed by atoms with van der Waals surface area (Å²) < 4.78 is 46.5. The minimum atomic E-state index is -4.54. The summed E-state index contributed by atoms with van der Waals surface area (Å²) in [6, 6.07) is 15.4. The topological polar surface area (TPSA) is 87.2 Å². The molecule has 3 aromatic heterocycles. The van der Waals surface area contributed by atoms with Crippen LogP contribution in [0.1, 0.15) is 37.5 Å². The van der Waals surface area contributed by atoms with Crippen molar-refractivity contribution < 1.29 is 27.3 Å². The zero-order valence-corrected chi connectivity index (χ0v) is 22.3. The van der Waals surface area contributed by atoms with Gasteiger partial charge in [-0.05, 0) is 53.9 Å². The molecule has 0 saturated carbocycles. The molecule has 9 nitrogen and oxygen atoms in total. The van der Waals surface area contributed by atoms with Crippen LogP contribution in [-0.4, -0.2) is 68.9 Å². The van der Waals surface area contributed by atoms with Gasteiger partial charge in [-0.3, -0.25) is 14.0 Å². The highest BCUT2D eigenvalue weighted by Crippen LogP contribution is 2.30. The fraction of sp³-hybridized carbons (Fsp3) is 0.267. The van der Waals surface area contributed by atoms with Crippen molar-refractivity contribution in [3.63, 3.8) is 0 Å². The van der Waals surface area contributed by atoms with Gasteiger partial charge in [0.25, 0.3) is 11.8 Å². The summed E-state index contributed by atoms with van der Waals surface area (Å²) in [5.74, 6) is 0.268. The lowest BCUT2D eigenvalue weighted by molar-refractivity contribution is -0.137. The molecule has 12 heteroatoms. The number of aromatic nitrogens is 3. The van der Waals surface area contributed by atoms with Crippen molar-refractivity contribution in [1.29, 1.82) is 0 Å². The largest absolute Gasteiger partial charge is 0.417 e. The first-order valence-corrected chi connectivity index (χ1v) is 13.6. The molecule has 0 atom stereocenters. The van der Waals surface area contributed by atoms with E-state index in [-0.39, 0.29) is 23.8 Å². The number of alkyl halides is 3. The first-order chi connectivity index (χ1) is 20.3. The van der Waals surface area contributed by atoms with E-state index in [0.717, 1.165) is 40.2 Å². The van der Waals surface area contributed by atoms with Gasteiger partial charge in [-0.25, -0.2) is 4.98 Å². The van der Waals surface area contributed by atoms with Gasteiger partial charge in [0.05, 0.1) is 17.1 Å². The molecule has 42 heavy (non-hydrogen) atoms. The van der Waals surface area contributed by atoms with E-state index < -0.39 is 17.6 Å². The molecule has 0 unspecified atom stereocenters. The third kappa shape index (κ3) is 4.52. The SMILES string of the molecule is O=C(c1ccc2c(c1)CN(C(=O)c1cnc3ccc(C(F)(F)F)cn13)CC2)N1CCN(c2noc3ccccc23)CC1. The molecule has 7 rings (SSSR count). The molecule has 0 radical (unpaired) electrons. The van der Waals surface area contributed by atoms with E-state index in [4.69, 9.17) is 4.52 Å². The summed E-state index contributed by atoms with van der Waals surface area (Å²) in [5.41, 5.74) is 2.60. The average Bonchev–Trinajstić information content (AvgIpc) is 3.64. The standard InChI is InChI=1S/C30H25F3N6O3/c31-30(32,33)22-7-8-26-34-16-24(39(26)18-22)29(41)38-10-9-19-5-6-20(15-21(19)17-38)28(40)37-13-11-36(12-14-37)27-23-3-1-2-4-25(23)42-35-27/h1-8,15-16,18H,9-14,17H2. The van der Waals surface area contributed by atoms with Crippen LogP contribution in [0.3, 0.4) is 0 Å². The number of benzene rings is 2. The van der Waals surface area contributed by atoms with E-state index in [1.807, 2.05) is 47.4 Å². The number of halogens is 3. The van der Waals surface area contributed by atoms with Crippen LogP contribution >= 0.6 is 0 Å². The number of nitrogens with zero attached hydrogens (tertiary/aromatic N) is 6. The number of pyridine rings is 1. The zero-order valence-electron chi connectivity index (χ0n) is 22.3. The Bertz CT molecular complexity index is 1840. The van der Waals surface area contributed by atoms with E-state index in [1.54, 1.807) is 4.90 Å². The Kier molecular flexibility index (Phi) is 6.14. The second-order valence-corrected chi connectivity index (χ2v) is 10.5. The van der Waals surface area contributed by atoms with Crippen molar-refractivity contribution in [3.05, 3.63) is 94.9 Å². The van der Waals surface area contributed by atoms with Crippen LogP contribution in [0.15, 0.2) is 71.5 Å². The van der Waals surface area contributed by atoms with Gasteiger partial charge in [0.1, 0.15) is 11.3 Å². The van der Waals surface area contributed by atoms with Gasteiger partial charge in [0.2, 0.25) is 0 Å². The number of hydrogen-bond donors (Lipinski definition) is 0. The quantitative estimate of drug-likeness (QED) is 0.312. The Morgan fingerprint density at radius 3 is 2.48 bits per heavy atom. The molecule has 2 aliphatic rings. The van der Waals surface area contributed by atoms with E-state index in [0.29, 0.717) is 44.7 Å². The number of imidazole rings is 1. The highest BCUT2D eigenvalue weighted by Gasteiger charge is 2.32. The summed E-state index contributed by atoms with van der Waals surface area (Å²) in [6.45, 7) is 2.93. The summed E-state index contributed by atoms with van der Waals surface area (Å²) in [6.07, 6.45) is -1.77. The molecule has 214 valence electrons. The molecular weight excluding hydrogens is 549 g/mol. The minimum absolute atomic E-state index is 0.0598. The van der Waals surface area contributed by atoms with Crippen LogP contribution in [0.5, 0.6) is 0 Å². The second kappa shape index (κ2) is 9.89. The summed E-state index contributed by atoms with van der Waals surface area (Å²) >= 11 is 0. The van der Waals surface area contributed by atoms with Crippen LogP contribution in [0.25, 0.3) is 16.6 Å². The summed E-state index contributed by atoms with van der Waals surface area (Å²) in [4.78, 5) is 36.5. The Balaban J connectivity index is 1.06. The maximum Gasteiger partial charge on any atom is 0.417 e. The smallest absolute Gasteiger partial charge is 0.354 e. The summed E-state index contributed by atoms with van der Waals surface area (Å²) in [5, 5.41) is 5.17. The van der Waals surface area contributed by atoms with E-state index in [1.165, 1.54) is 16.7 Å². The number of rotatable bonds is 3. The molecule has 1 fully saturated rings. The van der Waals surface area contributed by atoms with Gasteiger partial charge in [-0.1, -0.05) is 23.4 Å². The number of hydrogen-bond acceptors (Lipinski definition) is 6. The molecule has 2 amide bonds. The van der Waals surface area contributed by atoms with Gasteiger partial charge in [0, 0.05) is 51.0 Å². The predicted molar refractivity (Wildman–Crippen MR) is 147 cm³/mol. The molecular formula is C30H25F3N6O3. The summed E-state index contributed by atoms with van der Waals surface area (Å²) in [7, 11) is 0. The first kappa shape index (κ1) is 26.1. The maximum atomic E-state index is 13.4. The Hall–Kier alpha value is -4.87. The molecule has 5 heterocycles. The van der Waals surface area contributed by atoms with Crippen molar-refractivity contribution >= 4 is 34.2 Å². The van der Waals surface area contributed by atoms with Crippen LogP contribution in [0, 0.1) is 0 Å². The molecule has 0 N–H and O–H groups in total. The van der Waals surface area contributed by atoms with Gasteiger partial charge in [-0.2, -0.15) is 13.2 Å². The number of carbonyl (C=O) groups excluding carboxylic acids is 2. The van der Waals surface area contributed by atoms with Crippen LogP contribution < -0.4 is 4.90 Å². The molecule has 0 bridgehead atoms. The number of para-hydroxylation sites is 1. The number of fused-ring (bicyclic) bond motifs is 3. The number of amides is 2. The van der Waals surface area contributed by atoms with Crippen LogP contribution in [0.2, 0.25) is 0 Å². The highest BCUT2D eigenvalue weighted by molar-refractivity contribution is 5.96. The Morgan fingerprint density at radius 2 is 1.67 bits per heavy atom. The highest BCUT2D eigenvalue weighted by atomic mass is 19.4. The minimum Gasteiger partial charge on any atom is -0.354 e. The van der Waals surface area contributed by atoms with E-state index in [9.17, 15) is 22.8 Å². The predicted octanol–water partition coefficient (Wildman–Crippen LogP) is 4.66. The van der Waals surface area contributed by atoms with Crippen molar-refractivity contribution in [3.8, 4) is 0 Å². The monoisotopic (exact) mass is 574 g/mol.